The first kappa shape index (κ1) is 12.2. The average molecular weight is 241 g/mol. The first-order valence-electron chi connectivity index (χ1n) is 6.27. The van der Waals surface area contributed by atoms with Crippen LogP contribution in [0.4, 0.5) is 0 Å². The van der Waals surface area contributed by atoms with Crippen molar-refractivity contribution in [2.24, 2.45) is 10.9 Å². The van der Waals surface area contributed by atoms with Crippen molar-refractivity contribution in [3.05, 3.63) is 0 Å². The molecule has 1 saturated heterocycles. The van der Waals surface area contributed by atoms with Crippen LogP contribution in [-0.2, 0) is 0 Å². The van der Waals surface area contributed by atoms with Crippen LogP contribution in [0.5, 0.6) is 0 Å². The van der Waals surface area contributed by atoms with Crippen LogP contribution >= 0.6 is 11.8 Å². The predicted octanol–water partition coefficient (Wildman–Crippen LogP) is 1.80. The summed E-state index contributed by atoms with van der Waals surface area (Å²) in [4.78, 5) is 6.91. The summed E-state index contributed by atoms with van der Waals surface area (Å²) in [6, 6.07) is 1.24. The maximum Gasteiger partial charge on any atom is 0.156 e. The summed E-state index contributed by atoms with van der Waals surface area (Å²) < 4.78 is 0. The summed E-state index contributed by atoms with van der Waals surface area (Å²) in [5, 5.41) is 4.78. The summed E-state index contributed by atoms with van der Waals surface area (Å²) in [7, 11) is 4.22. The van der Waals surface area contributed by atoms with Crippen LogP contribution in [0.25, 0.3) is 0 Å². The van der Waals surface area contributed by atoms with Gasteiger partial charge in [-0.25, -0.2) is 0 Å². The van der Waals surface area contributed by atoms with E-state index < -0.39 is 0 Å². The van der Waals surface area contributed by atoms with Gasteiger partial charge in [-0.1, -0.05) is 18.2 Å². The lowest BCUT2D eigenvalue weighted by Gasteiger charge is -2.28. The molecule has 0 aromatic rings. The van der Waals surface area contributed by atoms with E-state index in [1.165, 1.54) is 30.2 Å². The van der Waals surface area contributed by atoms with E-state index in [9.17, 15) is 0 Å². The van der Waals surface area contributed by atoms with Gasteiger partial charge in [-0.15, -0.1) is 0 Å². The second-order valence-electron chi connectivity index (χ2n) is 5.21. The molecule has 0 bridgehead atoms. The zero-order chi connectivity index (χ0) is 11.5. The van der Waals surface area contributed by atoms with E-state index in [0.29, 0.717) is 6.04 Å². The quantitative estimate of drug-likeness (QED) is 0.816. The molecule has 0 aromatic carbocycles. The highest BCUT2D eigenvalue weighted by Crippen LogP contribution is 2.32. The third-order valence-electron chi connectivity index (χ3n) is 3.78. The number of rotatable bonds is 3. The lowest BCUT2D eigenvalue weighted by molar-refractivity contribution is 0.321. The van der Waals surface area contributed by atoms with Crippen molar-refractivity contribution in [3.63, 3.8) is 0 Å². The second-order valence-corrected chi connectivity index (χ2v) is 6.22. The van der Waals surface area contributed by atoms with Gasteiger partial charge in [0.1, 0.15) is 0 Å². The lowest BCUT2D eigenvalue weighted by atomic mass is 10.1. The Morgan fingerprint density at radius 2 is 2.31 bits per heavy atom. The average Bonchev–Trinajstić information content (AvgIpc) is 2.72. The molecule has 1 aliphatic carbocycles. The number of likely N-dealkylation sites (N-methyl/N-ethyl adjacent to an activating group) is 1. The van der Waals surface area contributed by atoms with Crippen LogP contribution in [-0.4, -0.2) is 48.5 Å². The van der Waals surface area contributed by atoms with Crippen LogP contribution in [0.15, 0.2) is 4.99 Å². The number of aliphatic imine (C=N–C) groups is 1. The molecule has 1 N–H and O–H groups in total. The molecule has 2 aliphatic rings. The molecule has 0 spiro atoms. The van der Waals surface area contributed by atoms with E-state index in [0.717, 1.165) is 18.5 Å². The monoisotopic (exact) mass is 241 g/mol. The van der Waals surface area contributed by atoms with E-state index >= 15 is 0 Å². The molecule has 0 amide bonds. The van der Waals surface area contributed by atoms with Crippen LogP contribution in [0.1, 0.15) is 26.2 Å². The van der Waals surface area contributed by atoms with Crippen molar-refractivity contribution in [3.8, 4) is 0 Å². The first-order valence-corrected chi connectivity index (χ1v) is 7.25. The Kier molecular flexibility index (Phi) is 4.14. The highest BCUT2D eigenvalue weighted by Gasteiger charge is 2.31. The lowest BCUT2D eigenvalue weighted by Crippen LogP contribution is -2.42. The molecule has 2 rings (SSSR count). The van der Waals surface area contributed by atoms with Gasteiger partial charge in [-0.05, 0) is 39.8 Å². The molecule has 4 heteroatoms. The van der Waals surface area contributed by atoms with E-state index in [-0.39, 0.29) is 0 Å². The summed E-state index contributed by atoms with van der Waals surface area (Å²) >= 11 is 1.91. The molecule has 3 atom stereocenters. The van der Waals surface area contributed by atoms with Crippen molar-refractivity contribution in [1.82, 2.24) is 10.2 Å². The normalized spacial score (nSPS) is 33.9. The number of hydrogen-bond donors (Lipinski definition) is 1. The minimum absolute atomic E-state index is 0.524. The van der Waals surface area contributed by atoms with Crippen molar-refractivity contribution in [2.75, 3.05) is 26.4 Å². The van der Waals surface area contributed by atoms with Crippen LogP contribution in [0, 0.1) is 5.92 Å². The molecule has 3 nitrogen and oxygen atoms in total. The SMILES string of the molecule is CC(CN=C1NC2CCCC2CS1)N(C)C. The van der Waals surface area contributed by atoms with Gasteiger partial charge in [-0.3, -0.25) is 4.99 Å². The molecule has 3 unspecified atom stereocenters. The number of thioether (sulfide) groups is 1. The van der Waals surface area contributed by atoms with Crippen molar-refractivity contribution >= 4 is 16.9 Å². The summed E-state index contributed by atoms with van der Waals surface area (Å²) in [5.74, 6) is 2.17. The van der Waals surface area contributed by atoms with Crippen LogP contribution in [0.3, 0.4) is 0 Å². The van der Waals surface area contributed by atoms with Gasteiger partial charge in [0.05, 0.1) is 6.54 Å². The van der Waals surface area contributed by atoms with Crippen LogP contribution < -0.4 is 5.32 Å². The molecular formula is C12H23N3S. The van der Waals surface area contributed by atoms with E-state index in [1.54, 1.807) is 0 Å². The number of nitrogens with zero attached hydrogens (tertiary/aromatic N) is 2. The Hall–Kier alpha value is -0.220. The maximum atomic E-state index is 4.69. The Labute approximate surface area is 103 Å². The molecule has 1 heterocycles. The third-order valence-corrected chi connectivity index (χ3v) is 4.90. The van der Waals surface area contributed by atoms with E-state index in [1.807, 2.05) is 11.8 Å². The van der Waals surface area contributed by atoms with Crippen molar-refractivity contribution in [2.45, 2.75) is 38.3 Å². The Bertz CT molecular complexity index is 265. The van der Waals surface area contributed by atoms with Gasteiger partial charge in [0, 0.05) is 17.8 Å². The number of fused-ring (bicyclic) bond motifs is 1. The molecule has 1 aliphatic heterocycles. The fourth-order valence-corrected chi connectivity index (χ4v) is 3.45. The van der Waals surface area contributed by atoms with Crippen molar-refractivity contribution in [1.29, 1.82) is 0 Å². The van der Waals surface area contributed by atoms with Gasteiger partial charge in [-0.2, -0.15) is 0 Å². The van der Waals surface area contributed by atoms with Gasteiger partial charge in [0.2, 0.25) is 0 Å². The molecule has 0 radical (unpaired) electrons. The first-order chi connectivity index (χ1) is 7.66. The standard InChI is InChI=1S/C12H23N3S/c1-9(15(2)3)7-13-12-14-11-6-4-5-10(11)8-16-12/h9-11H,4-8H2,1-3H3,(H,13,14). The molecule has 92 valence electrons. The van der Waals surface area contributed by atoms with Gasteiger partial charge < -0.3 is 10.2 Å². The number of amidine groups is 1. The van der Waals surface area contributed by atoms with E-state index in [2.05, 4.69) is 31.2 Å². The molecule has 1 saturated carbocycles. The van der Waals surface area contributed by atoms with Crippen LogP contribution in [0.2, 0.25) is 0 Å². The summed E-state index contributed by atoms with van der Waals surface area (Å²) in [6.07, 6.45) is 4.14. The Morgan fingerprint density at radius 1 is 1.50 bits per heavy atom. The molecule has 16 heavy (non-hydrogen) atoms. The minimum atomic E-state index is 0.524. The topological polar surface area (TPSA) is 27.6 Å². The highest BCUT2D eigenvalue weighted by atomic mass is 32.2. The third kappa shape index (κ3) is 2.92. The molecular weight excluding hydrogens is 218 g/mol. The highest BCUT2D eigenvalue weighted by molar-refractivity contribution is 8.13. The van der Waals surface area contributed by atoms with Gasteiger partial charge in [0.15, 0.2) is 5.17 Å². The molecule has 2 fully saturated rings. The van der Waals surface area contributed by atoms with Gasteiger partial charge >= 0.3 is 0 Å². The minimum Gasteiger partial charge on any atom is -0.362 e. The fraction of sp³-hybridized carbons (Fsp3) is 0.917. The number of hydrogen-bond acceptors (Lipinski definition) is 3. The molecule has 0 aromatic heterocycles. The zero-order valence-electron chi connectivity index (χ0n) is 10.6. The maximum absolute atomic E-state index is 4.69. The zero-order valence-corrected chi connectivity index (χ0v) is 11.4. The van der Waals surface area contributed by atoms with Crippen molar-refractivity contribution < 1.29 is 0 Å². The number of nitrogens with one attached hydrogen (secondary N) is 1. The second kappa shape index (κ2) is 5.41. The Balaban J connectivity index is 1.84. The predicted molar refractivity (Wildman–Crippen MR) is 72.2 cm³/mol. The van der Waals surface area contributed by atoms with Gasteiger partial charge in [0.25, 0.3) is 0 Å². The summed E-state index contributed by atoms with van der Waals surface area (Å²) in [6.45, 7) is 3.12. The fourth-order valence-electron chi connectivity index (χ4n) is 2.28. The smallest absolute Gasteiger partial charge is 0.156 e. The Morgan fingerprint density at radius 3 is 3.06 bits per heavy atom. The summed E-state index contributed by atoms with van der Waals surface area (Å²) in [5.41, 5.74) is 0. The van der Waals surface area contributed by atoms with E-state index in [4.69, 9.17) is 4.99 Å². The largest absolute Gasteiger partial charge is 0.362 e.